The predicted octanol–water partition coefficient (Wildman–Crippen LogP) is 2.63. The van der Waals surface area contributed by atoms with Gasteiger partial charge < -0.3 is 10.1 Å². The molecule has 0 aliphatic carbocycles. The van der Waals surface area contributed by atoms with E-state index in [1.807, 2.05) is 24.3 Å². The Bertz CT molecular complexity index is 389. The van der Waals surface area contributed by atoms with E-state index in [0.717, 1.165) is 29.3 Å². The topological polar surface area (TPSA) is 38.3 Å². The van der Waals surface area contributed by atoms with Crippen molar-refractivity contribution in [3.8, 4) is 0 Å². The molecule has 0 bridgehead atoms. The molecule has 1 fully saturated rings. The molecule has 1 N–H and O–H groups in total. The zero-order valence-electron chi connectivity index (χ0n) is 9.62. The first-order valence-corrected chi connectivity index (χ1v) is 6.69. The molecule has 1 atom stereocenters. The molecule has 1 aliphatic rings. The first-order valence-electron chi connectivity index (χ1n) is 5.89. The lowest BCUT2D eigenvalue weighted by Crippen LogP contribution is -2.37. The summed E-state index contributed by atoms with van der Waals surface area (Å²) >= 11 is 3.41. The molecule has 1 saturated heterocycles. The van der Waals surface area contributed by atoms with Crippen molar-refractivity contribution in [1.82, 2.24) is 5.32 Å². The molecule has 1 amide bonds. The molecule has 4 heteroatoms. The summed E-state index contributed by atoms with van der Waals surface area (Å²) in [6, 6.07) is 7.92. The van der Waals surface area contributed by atoms with Crippen molar-refractivity contribution in [3.63, 3.8) is 0 Å². The van der Waals surface area contributed by atoms with Crippen LogP contribution in [0.25, 0.3) is 0 Å². The zero-order valence-corrected chi connectivity index (χ0v) is 11.2. The minimum absolute atomic E-state index is 0.00433. The van der Waals surface area contributed by atoms with Crippen LogP contribution in [-0.4, -0.2) is 18.6 Å². The molecule has 17 heavy (non-hydrogen) atoms. The van der Waals surface area contributed by atoms with Crippen LogP contribution in [0.15, 0.2) is 28.7 Å². The van der Waals surface area contributed by atoms with Crippen LogP contribution in [-0.2, 0) is 16.1 Å². The van der Waals surface area contributed by atoms with Crippen LogP contribution in [0.1, 0.15) is 24.8 Å². The van der Waals surface area contributed by atoms with E-state index in [2.05, 4.69) is 21.2 Å². The average molecular weight is 298 g/mol. The van der Waals surface area contributed by atoms with E-state index in [9.17, 15) is 4.79 Å². The molecule has 1 aliphatic heterocycles. The molecule has 92 valence electrons. The van der Waals surface area contributed by atoms with Crippen LogP contribution >= 0.6 is 15.9 Å². The Morgan fingerprint density at radius 3 is 3.06 bits per heavy atom. The second-order valence-corrected chi connectivity index (χ2v) is 5.12. The Kier molecular flexibility index (Phi) is 4.57. The van der Waals surface area contributed by atoms with Crippen LogP contribution in [0.2, 0.25) is 0 Å². The third kappa shape index (κ3) is 3.82. The van der Waals surface area contributed by atoms with Crippen molar-refractivity contribution in [1.29, 1.82) is 0 Å². The lowest BCUT2D eigenvalue weighted by atomic mass is 10.1. The SMILES string of the molecule is O=C(NCc1cccc(Br)c1)C1CCCCO1. The maximum atomic E-state index is 11.8. The number of ether oxygens (including phenoxy) is 1. The first-order chi connectivity index (χ1) is 8.25. The standard InChI is InChI=1S/C13H16BrNO2/c14-11-5-3-4-10(8-11)9-15-13(16)12-6-1-2-7-17-12/h3-5,8,12H,1-2,6-7,9H2,(H,15,16). The van der Waals surface area contributed by atoms with Gasteiger partial charge in [-0.3, -0.25) is 4.79 Å². The molecule has 1 aromatic carbocycles. The van der Waals surface area contributed by atoms with Gasteiger partial charge in [-0.1, -0.05) is 28.1 Å². The third-order valence-corrected chi connectivity index (χ3v) is 3.32. The number of rotatable bonds is 3. The van der Waals surface area contributed by atoms with Gasteiger partial charge in [-0.05, 0) is 37.0 Å². The second-order valence-electron chi connectivity index (χ2n) is 4.20. The molecule has 3 nitrogen and oxygen atoms in total. The van der Waals surface area contributed by atoms with Gasteiger partial charge in [-0.25, -0.2) is 0 Å². The number of halogens is 1. The van der Waals surface area contributed by atoms with Crippen molar-refractivity contribution >= 4 is 21.8 Å². The zero-order chi connectivity index (χ0) is 12.1. The fourth-order valence-electron chi connectivity index (χ4n) is 1.90. The fraction of sp³-hybridized carbons (Fsp3) is 0.462. The number of carbonyl (C=O) groups excluding carboxylic acids is 1. The summed E-state index contributed by atoms with van der Waals surface area (Å²) in [5.74, 6) is 0.00433. The van der Waals surface area contributed by atoms with Crippen molar-refractivity contribution in [3.05, 3.63) is 34.3 Å². The fourth-order valence-corrected chi connectivity index (χ4v) is 2.34. The van der Waals surface area contributed by atoms with Gasteiger partial charge in [0.2, 0.25) is 5.91 Å². The van der Waals surface area contributed by atoms with Gasteiger partial charge in [-0.15, -0.1) is 0 Å². The van der Waals surface area contributed by atoms with E-state index < -0.39 is 0 Å². The molecule has 2 rings (SSSR count). The minimum Gasteiger partial charge on any atom is -0.368 e. The highest BCUT2D eigenvalue weighted by Crippen LogP contribution is 2.14. The lowest BCUT2D eigenvalue weighted by Gasteiger charge is -2.21. The Morgan fingerprint density at radius 2 is 2.35 bits per heavy atom. The Morgan fingerprint density at radius 1 is 1.47 bits per heavy atom. The van der Waals surface area contributed by atoms with E-state index in [-0.39, 0.29) is 12.0 Å². The largest absolute Gasteiger partial charge is 0.368 e. The molecule has 0 aromatic heterocycles. The van der Waals surface area contributed by atoms with E-state index in [1.54, 1.807) is 0 Å². The number of hydrogen-bond donors (Lipinski definition) is 1. The molecular weight excluding hydrogens is 282 g/mol. The van der Waals surface area contributed by atoms with Gasteiger partial charge in [0.05, 0.1) is 0 Å². The highest BCUT2D eigenvalue weighted by Gasteiger charge is 2.21. The highest BCUT2D eigenvalue weighted by molar-refractivity contribution is 9.10. The molecule has 1 unspecified atom stereocenters. The number of nitrogens with one attached hydrogen (secondary N) is 1. The minimum atomic E-state index is -0.254. The van der Waals surface area contributed by atoms with Crippen LogP contribution in [0.3, 0.4) is 0 Å². The van der Waals surface area contributed by atoms with Gasteiger partial charge in [-0.2, -0.15) is 0 Å². The molecule has 0 radical (unpaired) electrons. The predicted molar refractivity (Wildman–Crippen MR) is 69.6 cm³/mol. The van der Waals surface area contributed by atoms with Gasteiger partial charge in [0.15, 0.2) is 0 Å². The quantitative estimate of drug-likeness (QED) is 0.931. The monoisotopic (exact) mass is 297 g/mol. The normalized spacial score (nSPS) is 19.9. The summed E-state index contributed by atoms with van der Waals surface area (Å²) in [6.45, 7) is 1.26. The van der Waals surface area contributed by atoms with Gasteiger partial charge in [0.1, 0.15) is 6.10 Å². The summed E-state index contributed by atoms with van der Waals surface area (Å²) in [6.07, 6.45) is 2.73. The average Bonchev–Trinajstić information content (AvgIpc) is 2.37. The van der Waals surface area contributed by atoms with E-state index in [0.29, 0.717) is 13.2 Å². The van der Waals surface area contributed by atoms with Gasteiger partial charge in [0, 0.05) is 17.6 Å². The Labute approximate surface area is 110 Å². The molecular formula is C13H16BrNO2. The third-order valence-electron chi connectivity index (χ3n) is 2.83. The first kappa shape index (κ1) is 12.6. The summed E-state index contributed by atoms with van der Waals surface area (Å²) in [5.41, 5.74) is 1.09. The van der Waals surface area contributed by atoms with Crippen molar-refractivity contribution in [2.45, 2.75) is 31.9 Å². The van der Waals surface area contributed by atoms with Gasteiger partial charge in [0.25, 0.3) is 0 Å². The summed E-state index contributed by atoms with van der Waals surface area (Å²) in [4.78, 5) is 11.8. The second kappa shape index (κ2) is 6.17. The Balaban J connectivity index is 1.83. The highest BCUT2D eigenvalue weighted by atomic mass is 79.9. The van der Waals surface area contributed by atoms with E-state index >= 15 is 0 Å². The Hall–Kier alpha value is -0.870. The number of carbonyl (C=O) groups is 1. The summed E-state index contributed by atoms with van der Waals surface area (Å²) in [5, 5.41) is 2.91. The van der Waals surface area contributed by atoms with Crippen LogP contribution in [0.5, 0.6) is 0 Å². The molecule has 1 heterocycles. The van der Waals surface area contributed by atoms with E-state index in [4.69, 9.17) is 4.74 Å². The maximum Gasteiger partial charge on any atom is 0.249 e. The van der Waals surface area contributed by atoms with Crippen LogP contribution < -0.4 is 5.32 Å². The number of benzene rings is 1. The van der Waals surface area contributed by atoms with Crippen molar-refractivity contribution < 1.29 is 9.53 Å². The maximum absolute atomic E-state index is 11.8. The van der Waals surface area contributed by atoms with Crippen molar-refractivity contribution in [2.24, 2.45) is 0 Å². The lowest BCUT2D eigenvalue weighted by molar-refractivity contribution is -0.135. The van der Waals surface area contributed by atoms with Crippen LogP contribution in [0, 0.1) is 0 Å². The molecule has 0 saturated carbocycles. The summed E-state index contributed by atoms with van der Waals surface area (Å²) < 4.78 is 6.46. The number of amides is 1. The van der Waals surface area contributed by atoms with E-state index in [1.165, 1.54) is 0 Å². The molecule has 0 spiro atoms. The summed E-state index contributed by atoms with van der Waals surface area (Å²) in [7, 11) is 0. The number of hydrogen-bond acceptors (Lipinski definition) is 2. The smallest absolute Gasteiger partial charge is 0.249 e. The van der Waals surface area contributed by atoms with Crippen LogP contribution in [0.4, 0.5) is 0 Å². The van der Waals surface area contributed by atoms with Crippen molar-refractivity contribution in [2.75, 3.05) is 6.61 Å². The van der Waals surface area contributed by atoms with Gasteiger partial charge >= 0.3 is 0 Å². The molecule has 1 aromatic rings.